The Morgan fingerprint density at radius 1 is 1.59 bits per heavy atom. The molecule has 2 N–H and O–H groups in total. The third-order valence-corrected chi connectivity index (χ3v) is 3.63. The highest BCUT2D eigenvalue weighted by Crippen LogP contribution is 2.24. The van der Waals surface area contributed by atoms with E-state index in [2.05, 4.69) is 14.7 Å². The van der Waals surface area contributed by atoms with Crippen molar-refractivity contribution in [3.63, 3.8) is 0 Å². The van der Waals surface area contributed by atoms with E-state index in [-0.39, 0.29) is 6.04 Å². The van der Waals surface area contributed by atoms with Crippen LogP contribution in [0, 0.1) is 0 Å². The van der Waals surface area contributed by atoms with Crippen LogP contribution >= 0.6 is 23.1 Å². The molecule has 92 valence electrons. The Balaban J connectivity index is 2.21. The summed E-state index contributed by atoms with van der Waals surface area (Å²) in [6.07, 6.45) is 1.44. The van der Waals surface area contributed by atoms with Crippen LogP contribution in [0.5, 0.6) is 0 Å². The van der Waals surface area contributed by atoms with Gasteiger partial charge in [0.05, 0.1) is 28.1 Å². The molecular weight excluding hydrogens is 258 g/mol. The topological polar surface area (TPSA) is 69.6 Å². The van der Waals surface area contributed by atoms with Gasteiger partial charge < -0.3 is 5.73 Å². The predicted molar refractivity (Wildman–Crippen MR) is 68.1 cm³/mol. The molecule has 1 atom stereocenters. The van der Waals surface area contributed by atoms with Gasteiger partial charge >= 0.3 is 0 Å². The first kappa shape index (κ1) is 12.5. The fraction of sp³-hybridized carbons (Fsp3) is 0.500. The Kier molecular flexibility index (Phi) is 3.76. The SMILES string of the molecule is CCc1nn(C)c(CC(N)c2csnn2)c1Cl. The Morgan fingerprint density at radius 2 is 2.35 bits per heavy atom. The molecule has 0 saturated carbocycles. The van der Waals surface area contributed by atoms with Crippen LogP contribution in [0.3, 0.4) is 0 Å². The van der Waals surface area contributed by atoms with Gasteiger partial charge in [0.15, 0.2) is 0 Å². The Morgan fingerprint density at radius 3 is 2.88 bits per heavy atom. The highest BCUT2D eigenvalue weighted by atomic mass is 35.5. The zero-order chi connectivity index (χ0) is 12.4. The smallest absolute Gasteiger partial charge is 0.0926 e. The average molecular weight is 272 g/mol. The first-order valence-corrected chi connectivity index (χ1v) is 6.57. The maximum Gasteiger partial charge on any atom is 0.0926 e. The van der Waals surface area contributed by atoms with Crippen LogP contribution in [0.1, 0.15) is 30.0 Å². The Bertz CT molecular complexity index is 493. The molecule has 17 heavy (non-hydrogen) atoms. The number of rotatable bonds is 4. The average Bonchev–Trinajstić information content (AvgIpc) is 2.92. The van der Waals surface area contributed by atoms with Crippen LogP contribution in [0.25, 0.3) is 0 Å². The van der Waals surface area contributed by atoms with E-state index in [1.165, 1.54) is 11.5 Å². The summed E-state index contributed by atoms with van der Waals surface area (Å²) in [5, 5.41) is 10.9. The van der Waals surface area contributed by atoms with Gasteiger partial charge in [-0.25, -0.2) is 0 Å². The number of halogens is 1. The highest BCUT2D eigenvalue weighted by molar-refractivity contribution is 7.03. The molecule has 2 aromatic rings. The number of aromatic nitrogens is 4. The molecule has 2 rings (SSSR count). The molecule has 0 aliphatic heterocycles. The van der Waals surface area contributed by atoms with E-state index in [0.717, 1.165) is 23.5 Å². The fourth-order valence-electron chi connectivity index (χ4n) is 1.69. The zero-order valence-electron chi connectivity index (χ0n) is 9.72. The minimum atomic E-state index is -0.189. The van der Waals surface area contributed by atoms with E-state index in [1.54, 1.807) is 4.68 Å². The monoisotopic (exact) mass is 271 g/mol. The van der Waals surface area contributed by atoms with Gasteiger partial charge in [-0.3, -0.25) is 4.68 Å². The minimum absolute atomic E-state index is 0.189. The standard InChI is InChI=1S/C10H14ClN5S/c1-3-7-10(11)9(16(2)14-7)4-6(12)8-5-17-15-13-8/h5-6H,3-4,12H2,1-2H3. The summed E-state index contributed by atoms with van der Waals surface area (Å²) in [6.45, 7) is 2.03. The molecule has 0 spiro atoms. The maximum atomic E-state index is 6.26. The molecular formula is C10H14ClN5S. The van der Waals surface area contributed by atoms with Crippen molar-refractivity contribution in [1.29, 1.82) is 0 Å². The van der Waals surface area contributed by atoms with E-state index in [4.69, 9.17) is 17.3 Å². The van der Waals surface area contributed by atoms with Gasteiger partial charge in [-0.1, -0.05) is 23.0 Å². The lowest BCUT2D eigenvalue weighted by molar-refractivity contribution is 0.626. The van der Waals surface area contributed by atoms with Gasteiger partial charge in [-0.2, -0.15) is 5.10 Å². The number of hydrogen-bond donors (Lipinski definition) is 1. The second-order valence-corrected chi connectivity index (χ2v) is 4.81. The summed E-state index contributed by atoms with van der Waals surface area (Å²) in [7, 11) is 1.88. The molecule has 0 bridgehead atoms. The molecule has 0 saturated heterocycles. The number of hydrogen-bond acceptors (Lipinski definition) is 5. The summed E-state index contributed by atoms with van der Waals surface area (Å²) >= 11 is 7.56. The van der Waals surface area contributed by atoms with Gasteiger partial charge in [0, 0.05) is 18.8 Å². The first-order chi connectivity index (χ1) is 8.13. The lowest BCUT2D eigenvalue weighted by Gasteiger charge is -2.08. The van der Waals surface area contributed by atoms with E-state index in [1.807, 2.05) is 19.4 Å². The van der Waals surface area contributed by atoms with Crippen molar-refractivity contribution in [2.45, 2.75) is 25.8 Å². The van der Waals surface area contributed by atoms with Crippen molar-refractivity contribution >= 4 is 23.1 Å². The van der Waals surface area contributed by atoms with Gasteiger partial charge in [0.2, 0.25) is 0 Å². The normalized spacial score (nSPS) is 12.9. The number of aryl methyl sites for hydroxylation is 2. The molecule has 0 amide bonds. The van der Waals surface area contributed by atoms with Crippen molar-refractivity contribution in [3.8, 4) is 0 Å². The molecule has 0 fully saturated rings. The molecule has 7 heteroatoms. The van der Waals surface area contributed by atoms with Crippen molar-refractivity contribution in [2.24, 2.45) is 12.8 Å². The molecule has 2 aromatic heterocycles. The summed E-state index contributed by atoms with van der Waals surface area (Å²) < 4.78 is 5.60. The quantitative estimate of drug-likeness (QED) is 0.919. The van der Waals surface area contributed by atoms with Gasteiger partial charge in [0.25, 0.3) is 0 Å². The predicted octanol–water partition coefficient (Wildman–Crippen LogP) is 1.73. The number of nitrogens with two attached hydrogens (primary N) is 1. The van der Waals surface area contributed by atoms with Crippen LogP contribution in [-0.4, -0.2) is 19.4 Å². The summed E-state index contributed by atoms with van der Waals surface area (Å²) in [5.41, 5.74) is 8.72. The van der Waals surface area contributed by atoms with Crippen molar-refractivity contribution in [3.05, 3.63) is 27.5 Å². The summed E-state index contributed by atoms with van der Waals surface area (Å²) in [6, 6.07) is -0.189. The van der Waals surface area contributed by atoms with E-state index < -0.39 is 0 Å². The molecule has 5 nitrogen and oxygen atoms in total. The third kappa shape index (κ3) is 2.48. The largest absolute Gasteiger partial charge is 0.322 e. The van der Waals surface area contributed by atoms with Gasteiger partial charge in [-0.05, 0) is 18.0 Å². The molecule has 2 heterocycles. The van der Waals surface area contributed by atoms with Crippen molar-refractivity contribution in [1.82, 2.24) is 19.4 Å². The Hall–Kier alpha value is -0.980. The van der Waals surface area contributed by atoms with Crippen LogP contribution in [-0.2, 0) is 19.9 Å². The molecule has 1 unspecified atom stereocenters. The first-order valence-electron chi connectivity index (χ1n) is 5.36. The molecule has 0 aliphatic carbocycles. The number of nitrogens with zero attached hydrogens (tertiary/aromatic N) is 4. The third-order valence-electron chi connectivity index (χ3n) is 2.67. The Labute approximate surface area is 109 Å². The van der Waals surface area contributed by atoms with Crippen LogP contribution in [0.2, 0.25) is 5.02 Å². The minimum Gasteiger partial charge on any atom is -0.322 e. The van der Waals surface area contributed by atoms with Gasteiger partial charge in [-0.15, -0.1) is 5.10 Å². The fourth-order valence-corrected chi connectivity index (χ4v) is 2.58. The van der Waals surface area contributed by atoms with Crippen molar-refractivity contribution in [2.75, 3.05) is 0 Å². The van der Waals surface area contributed by atoms with E-state index in [9.17, 15) is 0 Å². The summed E-state index contributed by atoms with van der Waals surface area (Å²) in [4.78, 5) is 0. The van der Waals surface area contributed by atoms with Crippen LogP contribution in [0.15, 0.2) is 5.38 Å². The van der Waals surface area contributed by atoms with Crippen molar-refractivity contribution < 1.29 is 0 Å². The lowest BCUT2D eigenvalue weighted by atomic mass is 10.1. The maximum absolute atomic E-state index is 6.26. The van der Waals surface area contributed by atoms with Gasteiger partial charge in [0.1, 0.15) is 0 Å². The lowest BCUT2D eigenvalue weighted by Crippen LogP contribution is -2.16. The van der Waals surface area contributed by atoms with Crippen LogP contribution < -0.4 is 5.73 Å². The second-order valence-electron chi connectivity index (χ2n) is 3.82. The molecule has 0 aromatic carbocycles. The van der Waals surface area contributed by atoms with E-state index in [0.29, 0.717) is 11.4 Å². The van der Waals surface area contributed by atoms with Crippen LogP contribution in [0.4, 0.5) is 0 Å². The highest BCUT2D eigenvalue weighted by Gasteiger charge is 2.18. The second kappa shape index (κ2) is 5.12. The van der Waals surface area contributed by atoms with E-state index >= 15 is 0 Å². The zero-order valence-corrected chi connectivity index (χ0v) is 11.3. The molecule has 0 radical (unpaired) electrons. The summed E-state index contributed by atoms with van der Waals surface area (Å²) in [5.74, 6) is 0. The molecule has 0 aliphatic rings.